The average molecular weight is 528 g/mol. The van der Waals surface area contributed by atoms with E-state index in [4.69, 9.17) is 4.74 Å². The van der Waals surface area contributed by atoms with Gasteiger partial charge in [0.15, 0.2) is 5.96 Å². The second-order valence-electron chi connectivity index (χ2n) is 7.31. The molecule has 5 nitrogen and oxygen atoms in total. The summed E-state index contributed by atoms with van der Waals surface area (Å²) in [4.78, 5) is 6.30. The number of halogens is 4. The highest BCUT2D eigenvalue weighted by Crippen LogP contribution is 2.35. The number of hydrogen-bond acceptors (Lipinski definition) is 3. The Balaban J connectivity index is 0.00000420. The number of anilines is 1. The number of morpholine rings is 1. The Kier molecular flexibility index (Phi) is 10.5. The van der Waals surface area contributed by atoms with Crippen molar-refractivity contribution < 1.29 is 17.9 Å². The number of nitrogens with one attached hydrogen (secondary N) is 2. The zero-order valence-corrected chi connectivity index (χ0v) is 19.8. The summed E-state index contributed by atoms with van der Waals surface area (Å²) in [7, 11) is 0. The number of alkyl halides is 3. The minimum absolute atomic E-state index is 0. The van der Waals surface area contributed by atoms with Crippen molar-refractivity contribution in [2.75, 3.05) is 37.7 Å². The average Bonchev–Trinajstić information content (AvgIpc) is 2.66. The van der Waals surface area contributed by atoms with Crippen LogP contribution < -0.4 is 15.5 Å². The van der Waals surface area contributed by atoms with Crippen LogP contribution in [0.15, 0.2) is 23.2 Å². The van der Waals surface area contributed by atoms with Crippen LogP contribution in [0.1, 0.15) is 38.8 Å². The molecule has 0 bridgehead atoms. The number of guanidine groups is 1. The lowest BCUT2D eigenvalue weighted by molar-refractivity contribution is -0.138. The van der Waals surface area contributed by atoms with E-state index in [9.17, 15) is 13.2 Å². The van der Waals surface area contributed by atoms with Gasteiger partial charge in [0.05, 0.1) is 25.3 Å². The third-order valence-electron chi connectivity index (χ3n) is 4.89. The SMILES string of the molecule is CCNC(=NCc1ccc(N2CCOCC2)cc1C(F)(F)F)NC(C)C(C)C.I. The van der Waals surface area contributed by atoms with Gasteiger partial charge in [-0.1, -0.05) is 19.9 Å². The molecule has 0 aliphatic carbocycles. The molecule has 0 saturated carbocycles. The van der Waals surface area contributed by atoms with Crippen molar-refractivity contribution in [3.8, 4) is 0 Å². The quantitative estimate of drug-likeness (QED) is 0.329. The molecule has 0 radical (unpaired) electrons. The molecule has 2 N–H and O–H groups in total. The lowest BCUT2D eigenvalue weighted by Crippen LogP contribution is -2.44. The third-order valence-corrected chi connectivity index (χ3v) is 4.89. The molecule has 0 spiro atoms. The highest BCUT2D eigenvalue weighted by atomic mass is 127. The van der Waals surface area contributed by atoms with Crippen LogP contribution in [0.3, 0.4) is 0 Å². The minimum atomic E-state index is -4.43. The molecule has 1 aliphatic heterocycles. The number of rotatable bonds is 6. The lowest BCUT2D eigenvalue weighted by atomic mass is 10.1. The minimum Gasteiger partial charge on any atom is -0.378 e. The Morgan fingerprint density at radius 2 is 1.86 bits per heavy atom. The molecule has 0 aromatic heterocycles. The first-order valence-corrected chi connectivity index (χ1v) is 9.80. The molecular formula is C20H32F3IN4O. The standard InChI is InChI=1S/C20H31F3N4O.HI/c1-5-24-19(26-15(4)14(2)3)25-13-16-6-7-17(12-18(16)20(21,22)23)27-8-10-28-11-9-27;/h6-7,12,14-15H,5,8-11,13H2,1-4H3,(H2,24,25,26);1H. The van der Waals surface area contributed by atoms with Gasteiger partial charge in [0.2, 0.25) is 0 Å². The summed E-state index contributed by atoms with van der Waals surface area (Å²) in [6.07, 6.45) is -4.43. The van der Waals surface area contributed by atoms with Gasteiger partial charge in [0.1, 0.15) is 0 Å². The molecule has 1 aliphatic rings. The van der Waals surface area contributed by atoms with E-state index in [0.717, 1.165) is 0 Å². The fourth-order valence-corrected chi connectivity index (χ4v) is 2.85. The molecule has 1 atom stereocenters. The maximum atomic E-state index is 13.7. The Bertz CT molecular complexity index is 662. The van der Waals surface area contributed by atoms with Crippen molar-refractivity contribution in [3.63, 3.8) is 0 Å². The third kappa shape index (κ3) is 7.84. The first kappa shape index (κ1) is 25.8. The summed E-state index contributed by atoms with van der Waals surface area (Å²) < 4.78 is 46.3. The van der Waals surface area contributed by atoms with Crippen LogP contribution in [0.4, 0.5) is 18.9 Å². The second-order valence-corrected chi connectivity index (χ2v) is 7.31. The number of hydrogen-bond donors (Lipinski definition) is 2. The Labute approximate surface area is 188 Å². The molecule has 1 saturated heterocycles. The van der Waals surface area contributed by atoms with Crippen LogP contribution >= 0.6 is 24.0 Å². The molecule has 1 aromatic rings. The van der Waals surface area contributed by atoms with E-state index in [1.807, 2.05) is 18.7 Å². The van der Waals surface area contributed by atoms with Crippen LogP contribution in [-0.4, -0.2) is 44.8 Å². The zero-order chi connectivity index (χ0) is 20.7. The highest BCUT2D eigenvalue weighted by Gasteiger charge is 2.34. The summed E-state index contributed by atoms with van der Waals surface area (Å²) >= 11 is 0. The van der Waals surface area contributed by atoms with Crippen molar-refractivity contribution in [2.24, 2.45) is 10.9 Å². The van der Waals surface area contributed by atoms with E-state index in [-0.39, 0.29) is 42.1 Å². The van der Waals surface area contributed by atoms with Crippen molar-refractivity contribution in [3.05, 3.63) is 29.3 Å². The first-order chi connectivity index (χ1) is 13.2. The van der Waals surface area contributed by atoms with Crippen LogP contribution in [0.25, 0.3) is 0 Å². The van der Waals surface area contributed by atoms with Crippen molar-refractivity contribution in [1.82, 2.24) is 10.6 Å². The fourth-order valence-electron chi connectivity index (χ4n) is 2.85. The number of ether oxygens (including phenoxy) is 1. The maximum absolute atomic E-state index is 13.7. The van der Waals surface area contributed by atoms with Crippen LogP contribution in [0.5, 0.6) is 0 Å². The Morgan fingerprint density at radius 3 is 2.41 bits per heavy atom. The van der Waals surface area contributed by atoms with E-state index in [1.165, 1.54) is 12.1 Å². The van der Waals surface area contributed by atoms with E-state index >= 15 is 0 Å². The van der Waals surface area contributed by atoms with Gasteiger partial charge in [-0.15, -0.1) is 24.0 Å². The van der Waals surface area contributed by atoms with Gasteiger partial charge in [0, 0.05) is 31.4 Å². The zero-order valence-electron chi connectivity index (χ0n) is 17.5. The normalized spacial score (nSPS) is 16.4. The van der Waals surface area contributed by atoms with Crippen LogP contribution in [-0.2, 0) is 17.5 Å². The molecule has 166 valence electrons. The van der Waals surface area contributed by atoms with Gasteiger partial charge < -0.3 is 20.3 Å². The second kappa shape index (κ2) is 11.8. The van der Waals surface area contributed by atoms with Crippen molar-refractivity contribution in [2.45, 2.75) is 46.5 Å². The molecule has 29 heavy (non-hydrogen) atoms. The molecule has 0 amide bonds. The van der Waals surface area contributed by atoms with Gasteiger partial charge in [-0.25, -0.2) is 4.99 Å². The maximum Gasteiger partial charge on any atom is 0.416 e. The molecule has 1 heterocycles. The topological polar surface area (TPSA) is 48.9 Å². The molecular weight excluding hydrogens is 496 g/mol. The number of benzene rings is 1. The molecule has 1 fully saturated rings. The summed E-state index contributed by atoms with van der Waals surface area (Å²) in [5.41, 5.74) is 0.105. The Hall–Kier alpha value is -1.23. The van der Waals surface area contributed by atoms with Gasteiger partial charge in [-0.05, 0) is 37.5 Å². The predicted octanol–water partition coefficient (Wildman–Crippen LogP) is 4.26. The lowest BCUT2D eigenvalue weighted by Gasteiger charge is -2.29. The van der Waals surface area contributed by atoms with Crippen LogP contribution in [0, 0.1) is 5.92 Å². The monoisotopic (exact) mass is 528 g/mol. The fraction of sp³-hybridized carbons (Fsp3) is 0.650. The largest absolute Gasteiger partial charge is 0.416 e. The smallest absolute Gasteiger partial charge is 0.378 e. The van der Waals surface area contributed by atoms with Gasteiger partial charge >= 0.3 is 6.18 Å². The van der Waals surface area contributed by atoms with E-state index in [2.05, 4.69) is 29.5 Å². The van der Waals surface area contributed by atoms with Gasteiger partial charge in [-0.2, -0.15) is 13.2 Å². The summed E-state index contributed by atoms with van der Waals surface area (Å²) in [6, 6.07) is 4.66. The van der Waals surface area contributed by atoms with E-state index < -0.39 is 11.7 Å². The first-order valence-electron chi connectivity index (χ1n) is 9.80. The van der Waals surface area contributed by atoms with Crippen molar-refractivity contribution in [1.29, 1.82) is 0 Å². The molecule has 1 aromatic carbocycles. The predicted molar refractivity (Wildman–Crippen MR) is 122 cm³/mol. The van der Waals surface area contributed by atoms with E-state index in [0.29, 0.717) is 50.4 Å². The molecule has 9 heteroatoms. The highest BCUT2D eigenvalue weighted by molar-refractivity contribution is 14.0. The summed E-state index contributed by atoms with van der Waals surface area (Å²) in [5.74, 6) is 0.900. The van der Waals surface area contributed by atoms with Crippen LogP contribution in [0.2, 0.25) is 0 Å². The Morgan fingerprint density at radius 1 is 1.21 bits per heavy atom. The van der Waals surface area contributed by atoms with Gasteiger partial charge in [0.25, 0.3) is 0 Å². The molecule has 2 rings (SSSR count). The number of nitrogens with zero attached hydrogens (tertiary/aromatic N) is 2. The number of aliphatic imine (C=N–C) groups is 1. The molecule has 1 unspecified atom stereocenters. The van der Waals surface area contributed by atoms with E-state index in [1.54, 1.807) is 6.07 Å². The summed E-state index contributed by atoms with van der Waals surface area (Å²) in [5, 5.41) is 6.34. The van der Waals surface area contributed by atoms with Gasteiger partial charge in [-0.3, -0.25) is 0 Å². The summed E-state index contributed by atoms with van der Waals surface area (Å²) in [6.45, 7) is 10.9. The van der Waals surface area contributed by atoms with Crippen molar-refractivity contribution >= 4 is 35.6 Å².